The zero-order valence-corrected chi connectivity index (χ0v) is 12.7. The van der Waals surface area contributed by atoms with Crippen LogP contribution in [0.4, 0.5) is 9.18 Å². The van der Waals surface area contributed by atoms with Crippen molar-refractivity contribution in [3.05, 3.63) is 30.1 Å². The van der Waals surface area contributed by atoms with Crippen LogP contribution in [0.25, 0.3) is 0 Å². The van der Waals surface area contributed by atoms with E-state index < -0.39 is 27.5 Å². The average molecular weight is 318 g/mol. The van der Waals surface area contributed by atoms with E-state index in [1.54, 1.807) is 13.8 Å². The Bertz CT molecular complexity index is 602. The first kappa shape index (κ1) is 17.4. The molecule has 0 radical (unpaired) electrons. The quantitative estimate of drug-likeness (QED) is 0.669. The summed E-state index contributed by atoms with van der Waals surface area (Å²) in [4.78, 5) is 10.4. The molecule has 0 spiro atoms. The van der Waals surface area contributed by atoms with Gasteiger partial charge in [-0.1, -0.05) is 6.07 Å². The molecule has 0 saturated heterocycles. The van der Waals surface area contributed by atoms with Gasteiger partial charge < -0.3 is 10.4 Å². The van der Waals surface area contributed by atoms with Gasteiger partial charge in [-0.15, -0.1) is 0 Å². The molecule has 0 aliphatic rings. The zero-order valence-electron chi connectivity index (χ0n) is 11.9. The maximum atomic E-state index is 13.0. The monoisotopic (exact) mass is 318 g/mol. The van der Waals surface area contributed by atoms with Crippen molar-refractivity contribution < 1.29 is 22.7 Å². The topological polar surface area (TPSA) is 95.5 Å². The van der Waals surface area contributed by atoms with Gasteiger partial charge in [0.1, 0.15) is 5.82 Å². The van der Waals surface area contributed by atoms with E-state index in [0.717, 1.165) is 6.07 Å². The van der Waals surface area contributed by atoms with Crippen molar-refractivity contribution >= 4 is 16.1 Å². The molecule has 0 saturated carbocycles. The van der Waals surface area contributed by atoms with Crippen LogP contribution < -0.4 is 10.0 Å². The van der Waals surface area contributed by atoms with Crippen LogP contribution in [0.1, 0.15) is 26.7 Å². The minimum Gasteiger partial charge on any atom is -0.465 e. The molecule has 1 aromatic carbocycles. The van der Waals surface area contributed by atoms with Gasteiger partial charge in [0.05, 0.1) is 4.90 Å². The molecule has 0 unspecified atom stereocenters. The molecule has 21 heavy (non-hydrogen) atoms. The van der Waals surface area contributed by atoms with Crippen molar-refractivity contribution in [2.45, 2.75) is 37.1 Å². The maximum absolute atomic E-state index is 13.0. The molecule has 1 rings (SSSR count). The molecule has 0 atom stereocenters. The number of rotatable bonds is 7. The second-order valence-corrected chi connectivity index (χ2v) is 7.04. The van der Waals surface area contributed by atoms with Gasteiger partial charge in [0.25, 0.3) is 0 Å². The van der Waals surface area contributed by atoms with Gasteiger partial charge in [0.2, 0.25) is 10.0 Å². The van der Waals surface area contributed by atoms with E-state index in [1.807, 2.05) is 0 Å². The molecule has 0 aromatic heterocycles. The normalized spacial score (nSPS) is 12.1. The smallest absolute Gasteiger partial charge is 0.405 e. The predicted molar refractivity (Wildman–Crippen MR) is 76.1 cm³/mol. The largest absolute Gasteiger partial charge is 0.465 e. The molecule has 0 heterocycles. The van der Waals surface area contributed by atoms with Crippen LogP contribution in [0.5, 0.6) is 0 Å². The van der Waals surface area contributed by atoms with Gasteiger partial charge in [-0.3, -0.25) is 0 Å². The number of nitrogens with one attached hydrogen (secondary N) is 2. The Labute approximate surface area is 123 Å². The van der Waals surface area contributed by atoms with Crippen molar-refractivity contribution in [2.24, 2.45) is 0 Å². The highest BCUT2D eigenvalue weighted by molar-refractivity contribution is 7.89. The molecule has 0 aliphatic carbocycles. The minimum absolute atomic E-state index is 0.134. The van der Waals surface area contributed by atoms with Gasteiger partial charge in [0.15, 0.2) is 0 Å². The fraction of sp³-hybridized carbons (Fsp3) is 0.462. The number of hydrogen-bond acceptors (Lipinski definition) is 3. The van der Waals surface area contributed by atoms with Gasteiger partial charge in [-0.25, -0.2) is 22.3 Å². The first-order valence-corrected chi connectivity index (χ1v) is 7.87. The summed E-state index contributed by atoms with van der Waals surface area (Å²) in [5, 5.41) is 11.0. The number of halogens is 1. The lowest BCUT2D eigenvalue weighted by molar-refractivity contribution is 0.180. The maximum Gasteiger partial charge on any atom is 0.405 e. The Morgan fingerprint density at radius 2 is 2.05 bits per heavy atom. The number of carbonyl (C=O) groups is 1. The van der Waals surface area contributed by atoms with Crippen molar-refractivity contribution in [1.82, 2.24) is 10.0 Å². The van der Waals surface area contributed by atoms with Crippen LogP contribution in [-0.2, 0) is 10.0 Å². The van der Waals surface area contributed by atoms with Gasteiger partial charge in [-0.05, 0) is 44.9 Å². The van der Waals surface area contributed by atoms with Crippen molar-refractivity contribution in [1.29, 1.82) is 0 Å². The van der Waals surface area contributed by atoms with Crippen LogP contribution >= 0.6 is 0 Å². The van der Waals surface area contributed by atoms with Crippen LogP contribution in [0.3, 0.4) is 0 Å². The summed E-state index contributed by atoms with van der Waals surface area (Å²) in [5.74, 6) is -0.621. The second kappa shape index (κ2) is 6.86. The summed E-state index contributed by atoms with van der Waals surface area (Å²) < 4.78 is 39.2. The van der Waals surface area contributed by atoms with E-state index in [9.17, 15) is 17.6 Å². The van der Waals surface area contributed by atoms with Crippen molar-refractivity contribution in [3.63, 3.8) is 0 Å². The average Bonchev–Trinajstić information content (AvgIpc) is 2.33. The van der Waals surface area contributed by atoms with E-state index in [4.69, 9.17) is 5.11 Å². The van der Waals surface area contributed by atoms with Crippen molar-refractivity contribution in [3.8, 4) is 0 Å². The summed E-state index contributed by atoms with van der Waals surface area (Å²) in [6.07, 6.45) is -0.215. The molecule has 3 N–H and O–H groups in total. The minimum atomic E-state index is -3.75. The van der Waals surface area contributed by atoms with Crippen LogP contribution in [-0.4, -0.2) is 31.7 Å². The molecule has 0 aliphatic heterocycles. The van der Waals surface area contributed by atoms with Crippen molar-refractivity contribution in [2.75, 3.05) is 6.54 Å². The zero-order chi connectivity index (χ0) is 16.1. The molecule has 0 bridgehead atoms. The van der Waals surface area contributed by atoms with E-state index in [1.165, 1.54) is 18.2 Å². The summed E-state index contributed by atoms with van der Waals surface area (Å²) in [5.41, 5.74) is -0.643. The Morgan fingerprint density at radius 3 is 2.62 bits per heavy atom. The highest BCUT2D eigenvalue weighted by atomic mass is 32.2. The lowest BCUT2D eigenvalue weighted by Gasteiger charge is -2.24. The molecule has 1 amide bonds. The van der Waals surface area contributed by atoms with Crippen LogP contribution in [0.15, 0.2) is 29.2 Å². The Balaban J connectivity index is 2.50. The van der Waals surface area contributed by atoms with Gasteiger partial charge in [0, 0.05) is 12.1 Å². The number of amides is 1. The summed E-state index contributed by atoms with van der Waals surface area (Å²) in [6, 6.07) is 4.74. The first-order chi connectivity index (χ1) is 9.62. The standard InChI is InChI=1S/C13H19FN2O4S/c1-13(2,16-12(17)18)7-4-8-15-21(19,20)11-6-3-5-10(14)9-11/h3,5-6,9,15-16H,4,7-8H2,1-2H3,(H,17,18). The molecule has 1 aromatic rings. The summed E-state index contributed by atoms with van der Waals surface area (Å²) in [6.45, 7) is 3.56. The summed E-state index contributed by atoms with van der Waals surface area (Å²) >= 11 is 0. The molecule has 6 nitrogen and oxygen atoms in total. The SMILES string of the molecule is CC(C)(CCCNS(=O)(=O)c1cccc(F)c1)NC(=O)O. The number of carboxylic acid groups (broad SMARTS) is 1. The molecule has 0 fully saturated rings. The lowest BCUT2D eigenvalue weighted by Crippen LogP contribution is -2.43. The third-order valence-electron chi connectivity index (χ3n) is 2.82. The number of hydrogen-bond donors (Lipinski definition) is 3. The third kappa shape index (κ3) is 6.09. The first-order valence-electron chi connectivity index (χ1n) is 6.39. The molecule has 8 heteroatoms. The molecule has 118 valence electrons. The van der Waals surface area contributed by atoms with Crippen LogP contribution in [0.2, 0.25) is 0 Å². The lowest BCUT2D eigenvalue weighted by atomic mass is 9.99. The van der Waals surface area contributed by atoms with Gasteiger partial charge in [-0.2, -0.15) is 0 Å². The summed E-state index contributed by atoms with van der Waals surface area (Å²) in [7, 11) is -3.75. The highest BCUT2D eigenvalue weighted by Gasteiger charge is 2.20. The fourth-order valence-corrected chi connectivity index (χ4v) is 2.91. The van der Waals surface area contributed by atoms with Crippen LogP contribution in [0, 0.1) is 5.82 Å². The van der Waals surface area contributed by atoms with E-state index in [0.29, 0.717) is 12.8 Å². The number of sulfonamides is 1. The highest BCUT2D eigenvalue weighted by Crippen LogP contribution is 2.12. The third-order valence-corrected chi connectivity index (χ3v) is 4.28. The second-order valence-electron chi connectivity index (χ2n) is 5.27. The molecular weight excluding hydrogens is 299 g/mol. The van der Waals surface area contributed by atoms with E-state index in [2.05, 4.69) is 10.0 Å². The Hall–Kier alpha value is -1.67. The predicted octanol–water partition coefficient (Wildman–Crippen LogP) is 1.93. The molecular formula is C13H19FN2O4S. The Kier molecular flexibility index (Phi) is 5.68. The number of benzene rings is 1. The fourth-order valence-electron chi connectivity index (χ4n) is 1.81. The Morgan fingerprint density at radius 1 is 1.38 bits per heavy atom. The van der Waals surface area contributed by atoms with E-state index >= 15 is 0 Å². The van der Waals surface area contributed by atoms with Gasteiger partial charge >= 0.3 is 6.09 Å². The van der Waals surface area contributed by atoms with E-state index in [-0.39, 0.29) is 11.4 Å².